The third kappa shape index (κ3) is 4.35. The predicted octanol–water partition coefficient (Wildman–Crippen LogP) is 2.88. The van der Waals surface area contributed by atoms with Crippen molar-refractivity contribution in [2.24, 2.45) is 5.92 Å². The van der Waals surface area contributed by atoms with Gasteiger partial charge in [-0.05, 0) is 44.7 Å². The van der Waals surface area contributed by atoms with Crippen molar-refractivity contribution >= 4 is 17.5 Å². The minimum atomic E-state index is -0.00643. The molecule has 1 aromatic carbocycles. The van der Waals surface area contributed by atoms with Gasteiger partial charge in [-0.25, -0.2) is 0 Å². The van der Waals surface area contributed by atoms with Crippen LogP contribution in [-0.4, -0.2) is 66.0 Å². The average Bonchev–Trinajstić information content (AvgIpc) is 3.12. The van der Waals surface area contributed by atoms with E-state index in [-0.39, 0.29) is 11.8 Å². The van der Waals surface area contributed by atoms with Gasteiger partial charge in [0.2, 0.25) is 5.91 Å². The fourth-order valence-corrected chi connectivity index (χ4v) is 4.52. The first-order valence-electron chi connectivity index (χ1n) is 10.8. The first-order chi connectivity index (χ1) is 14.5. The first-order valence-corrected chi connectivity index (χ1v) is 10.8. The molecule has 2 fully saturated rings. The number of piperazine rings is 1. The van der Waals surface area contributed by atoms with Gasteiger partial charge in [0.15, 0.2) is 0 Å². The normalized spacial score (nSPS) is 18.0. The lowest BCUT2D eigenvalue weighted by Crippen LogP contribution is -2.49. The third-order valence-corrected chi connectivity index (χ3v) is 6.37. The van der Waals surface area contributed by atoms with Crippen LogP contribution < -0.4 is 4.90 Å². The number of hydrogen-bond donors (Lipinski definition) is 0. The highest BCUT2D eigenvalue weighted by Gasteiger charge is 2.30. The summed E-state index contributed by atoms with van der Waals surface area (Å²) in [5.74, 6) is 1.16. The van der Waals surface area contributed by atoms with Crippen LogP contribution in [0, 0.1) is 19.8 Å². The molecule has 0 aliphatic carbocycles. The van der Waals surface area contributed by atoms with E-state index in [9.17, 15) is 9.59 Å². The fourth-order valence-electron chi connectivity index (χ4n) is 4.52. The number of carbonyl (C=O) groups excluding carboxylic acids is 2. The maximum absolute atomic E-state index is 12.8. The zero-order chi connectivity index (χ0) is 21.1. The van der Waals surface area contributed by atoms with Crippen molar-refractivity contribution in [2.75, 3.05) is 44.2 Å². The van der Waals surface area contributed by atoms with Crippen LogP contribution in [0.15, 0.2) is 34.9 Å². The lowest BCUT2D eigenvalue weighted by atomic mass is 9.92. The van der Waals surface area contributed by atoms with Gasteiger partial charge < -0.3 is 19.2 Å². The SMILES string of the molecule is Cc1noc(C)c1C(=O)N1CCC(CC(=O)N2CCN(c3ccccc3)CC2)CC1. The van der Waals surface area contributed by atoms with Crippen molar-refractivity contribution in [2.45, 2.75) is 33.1 Å². The van der Waals surface area contributed by atoms with Crippen molar-refractivity contribution in [3.63, 3.8) is 0 Å². The van der Waals surface area contributed by atoms with E-state index in [4.69, 9.17) is 4.52 Å². The van der Waals surface area contributed by atoms with Gasteiger partial charge >= 0.3 is 0 Å². The molecule has 0 N–H and O–H groups in total. The topological polar surface area (TPSA) is 69.9 Å². The number of benzene rings is 1. The standard InChI is InChI=1S/C23H30N4O3/c1-17-22(18(2)30-24-17)23(29)27-10-8-19(9-11-27)16-21(28)26-14-12-25(13-15-26)20-6-4-3-5-7-20/h3-7,19H,8-16H2,1-2H3. The monoisotopic (exact) mass is 410 g/mol. The van der Waals surface area contributed by atoms with Crippen LogP contribution in [0.3, 0.4) is 0 Å². The Balaban J connectivity index is 1.24. The fraction of sp³-hybridized carbons (Fsp3) is 0.522. The quantitative estimate of drug-likeness (QED) is 0.775. The van der Waals surface area contributed by atoms with Crippen molar-refractivity contribution in [1.29, 1.82) is 0 Å². The van der Waals surface area contributed by atoms with E-state index in [0.29, 0.717) is 42.4 Å². The summed E-state index contributed by atoms with van der Waals surface area (Å²) < 4.78 is 5.13. The Bertz CT molecular complexity index is 860. The van der Waals surface area contributed by atoms with Gasteiger partial charge in [-0.1, -0.05) is 23.4 Å². The van der Waals surface area contributed by atoms with Gasteiger partial charge in [-0.15, -0.1) is 0 Å². The molecule has 160 valence electrons. The number of aryl methyl sites for hydroxylation is 2. The Morgan fingerprint density at radius 1 is 0.967 bits per heavy atom. The highest BCUT2D eigenvalue weighted by Crippen LogP contribution is 2.25. The van der Waals surface area contributed by atoms with Gasteiger partial charge in [0.25, 0.3) is 5.91 Å². The van der Waals surface area contributed by atoms with Crippen LogP contribution in [0.25, 0.3) is 0 Å². The number of likely N-dealkylation sites (tertiary alicyclic amines) is 1. The van der Waals surface area contributed by atoms with Crippen LogP contribution >= 0.6 is 0 Å². The highest BCUT2D eigenvalue weighted by atomic mass is 16.5. The first kappa shape index (κ1) is 20.4. The van der Waals surface area contributed by atoms with E-state index in [1.54, 1.807) is 13.8 Å². The van der Waals surface area contributed by atoms with Crippen LogP contribution in [0.2, 0.25) is 0 Å². The molecule has 7 nitrogen and oxygen atoms in total. The molecule has 2 aromatic rings. The van der Waals surface area contributed by atoms with E-state index in [1.807, 2.05) is 15.9 Å². The second-order valence-electron chi connectivity index (χ2n) is 8.34. The second-order valence-corrected chi connectivity index (χ2v) is 8.34. The molecule has 2 aliphatic rings. The van der Waals surface area contributed by atoms with E-state index >= 15 is 0 Å². The van der Waals surface area contributed by atoms with E-state index in [0.717, 1.165) is 39.0 Å². The van der Waals surface area contributed by atoms with Gasteiger partial charge in [0, 0.05) is 51.4 Å². The van der Waals surface area contributed by atoms with Crippen LogP contribution in [0.4, 0.5) is 5.69 Å². The molecule has 0 spiro atoms. The van der Waals surface area contributed by atoms with Gasteiger partial charge in [-0.2, -0.15) is 0 Å². The predicted molar refractivity (Wildman–Crippen MR) is 114 cm³/mol. The number of rotatable bonds is 4. The summed E-state index contributed by atoms with van der Waals surface area (Å²) in [6.07, 6.45) is 2.31. The number of amides is 2. The number of hydrogen-bond acceptors (Lipinski definition) is 5. The van der Waals surface area contributed by atoms with Crippen molar-refractivity contribution < 1.29 is 14.1 Å². The minimum absolute atomic E-state index is 0.00643. The van der Waals surface area contributed by atoms with Crippen molar-refractivity contribution in [3.05, 3.63) is 47.3 Å². The Morgan fingerprint density at radius 3 is 2.23 bits per heavy atom. The zero-order valence-corrected chi connectivity index (χ0v) is 17.8. The maximum atomic E-state index is 12.8. The number of aromatic nitrogens is 1. The summed E-state index contributed by atoms with van der Waals surface area (Å²) in [5, 5.41) is 3.89. The highest BCUT2D eigenvalue weighted by molar-refractivity contribution is 5.96. The number of para-hydroxylation sites is 1. The molecule has 2 saturated heterocycles. The molecule has 30 heavy (non-hydrogen) atoms. The van der Waals surface area contributed by atoms with E-state index in [2.05, 4.69) is 34.3 Å². The van der Waals surface area contributed by atoms with Crippen LogP contribution in [0.1, 0.15) is 41.1 Å². The maximum Gasteiger partial charge on any atom is 0.259 e. The molecule has 2 amide bonds. The molecule has 0 radical (unpaired) electrons. The number of anilines is 1. The summed E-state index contributed by atoms with van der Waals surface area (Å²) in [6, 6.07) is 10.4. The van der Waals surface area contributed by atoms with E-state index < -0.39 is 0 Å². The van der Waals surface area contributed by atoms with Crippen LogP contribution in [0.5, 0.6) is 0 Å². The molecule has 0 saturated carbocycles. The lowest BCUT2D eigenvalue weighted by molar-refractivity contribution is -0.132. The Labute approximate surface area is 177 Å². The van der Waals surface area contributed by atoms with Gasteiger partial charge in [-0.3, -0.25) is 9.59 Å². The molecule has 0 unspecified atom stereocenters. The summed E-state index contributed by atoms with van der Waals surface area (Å²) in [4.78, 5) is 31.8. The number of nitrogens with zero attached hydrogens (tertiary/aromatic N) is 4. The van der Waals surface area contributed by atoms with Crippen molar-refractivity contribution in [1.82, 2.24) is 15.0 Å². The van der Waals surface area contributed by atoms with Gasteiger partial charge in [0.1, 0.15) is 11.3 Å². The molecule has 7 heteroatoms. The number of carbonyl (C=O) groups is 2. The van der Waals surface area contributed by atoms with Crippen LogP contribution in [-0.2, 0) is 4.79 Å². The zero-order valence-electron chi connectivity index (χ0n) is 17.8. The van der Waals surface area contributed by atoms with Crippen molar-refractivity contribution in [3.8, 4) is 0 Å². The molecule has 2 aliphatic heterocycles. The third-order valence-electron chi connectivity index (χ3n) is 6.37. The Kier molecular flexibility index (Phi) is 6.06. The largest absolute Gasteiger partial charge is 0.368 e. The summed E-state index contributed by atoms with van der Waals surface area (Å²) in [7, 11) is 0. The molecule has 1 aromatic heterocycles. The molecular weight excluding hydrogens is 380 g/mol. The number of piperidine rings is 1. The lowest BCUT2D eigenvalue weighted by Gasteiger charge is -2.37. The molecule has 0 atom stereocenters. The second kappa shape index (κ2) is 8.90. The Hall–Kier alpha value is -2.83. The minimum Gasteiger partial charge on any atom is -0.368 e. The molecule has 0 bridgehead atoms. The smallest absolute Gasteiger partial charge is 0.259 e. The molecular formula is C23H30N4O3. The summed E-state index contributed by atoms with van der Waals surface area (Å²) >= 11 is 0. The summed E-state index contributed by atoms with van der Waals surface area (Å²) in [5.41, 5.74) is 2.45. The summed E-state index contributed by atoms with van der Waals surface area (Å²) in [6.45, 7) is 8.24. The van der Waals surface area contributed by atoms with Gasteiger partial charge in [0.05, 0.1) is 5.69 Å². The molecule has 4 rings (SSSR count). The Morgan fingerprint density at radius 2 is 1.63 bits per heavy atom. The average molecular weight is 411 g/mol. The van der Waals surface area contributed by atoms with E-state index in [1.165, 1.54) is 5.69 Å². The molecule has 3 heterocycles.